The van der Waals surface area contributed by atoms with Gasteiger partial charge in [0.2, 0.25) is 0 Å². The third-order valence-corrected chi connectivity index (χ3v) is 3.75. The molecule has 19 heavy (non-hydrogen) atoms. The molecule has 3 aromatic rings. The van der Waals surface area contributed by atoms with Crippen molar-refractivity contribution < 1.29 is 0 Å². The zero-order valence-electron chi connectivity index (χ0n) is 12.0. The fraction of sp³-hybridized carbons (Fsp3) is 0.353. The van der Waals surface area contributed by atoms with Gasteiger partial charge in [-0.1, -0.05) is 39.8 Å². The highest BCUT2D eigenvalue weighted by Crippen LogP contribution is 2.30. The smallest absolute Gasteiger partial charge is 0.137 e. The monoisotopic (exact) mass is 252 g/mol. The van der Waals surface area contributed by atoms with Gasteiger partial charge in [-0.3, -0.25) is 4.40 Å². The Hall–Kier alpha value is -1.83. The number of nitrogens with zero attached hydrogens (tertiary/aromatic N) is 2. The molecular weight excluding hydrogens is 232 g/mol. The minimum absolute atomic E-state index is 0.492. The first-order valence-electron chi connectivity index (χ1n) is 6.98. The number of hydrogen-bond acceptors (Lipinski definition) is 1. The maximum Gasteiger partial charge on any atom is 0.137 e. The van der Waals surface area contributed by atoms with E-state index in [9.17, 15) is 0 Å². The zero-order valence-corrected chi connectivity index (χ0v) is 12.0. The second kappa shape index (κ2) is 4.37. The van der Waals surface area contributed by atoms with Crippen LogP contribution in [-0.2, 0) is 0 Å². The summed E-state index contributed by atoms with van der Waals surface area (Å²) in [6.45, 7) is 8.97. The molecule has 0 saturated heterocycles. The molecule has 2 heteroatoms. The molecule has 0 bridgehead atoms. The number of rotatable bonds is 2. The number of pyridine rings is 1. The lowest BCUT2D eigenvalue weighted by atomic mass is 9.94. The summed E-state index contributed by atoms with van der Waals surface area (Å²) >= 11 is 0. The van der Waals surface area contributed by atoms with E-state index in [0.29, 0.717) is 11.8 Å². The summed E-state index contributed by atoms with van der Waals surface area (Å²) in [5.74, 6) is 1.03. The minimum Gasteiger partial charge on any atom is -0.300 e. The number of benzene rings is 1. The molecule has 0 aliphatic heterocycles. The van der Waals surface area contributed by atoms with Gasteiger partial charge in [-0.2, -0.15) is 0 Å². The molecule has 2 aromatic heterocycles. The van der Waals surface area contributed by atoms with Gasteiger partial charge < -0.3 is 0 Å². The Labute approximate surface area is 114 Å². The fourth-order valence-electron chi connectivity index (χ4n) is 2.59. The third kappa shape index (κ3) is 1.92. The first kappa shape index (κ1) is 12.2. The molecule has 0 amide bonds. The maximum atomic E-state index is 4.80. The van der Waals surface area contributed by atoms with Crippen molar-refractivity contribution in [1.29, 1.82) is 0 Å². The van der Waals surface area contributed by atoms with Crippen LogP contribution in [0.5, 0.6) is 0 Å². The Morgan fingerprint density at radius 3 is 2.47 bits per heavy atom. The summed E-state index contributed by atoms with van der Waals surface area (Å²) < 4.78 is 2.19. The Morgan fingerprint density at radius 2 is 1.79 bits per heavy atom. The van der Waals surface area contributed by atoms with Gasteiger partial charge in [0, 0.05) is 6.20 Å². The normalized spacial score (nSPS) is 12.1. The molecule has 2 nitrogen and oxygen atoms in total. The van der Waals surface area contributed by atoms with E-state index in [1.54, 1.807) is 0 Å². The summed E-state index contributed by atoms with van der Waals surface area (Å²) in [7, 11) is 0. The SMILES string of the molecule is CC(C)c1cc(C(C)C)c2nc3ccccn3c2c1. The van der Waals surface area contributed by atoms with E-state index in [4.69, 9.17) is 4.98 Å². The van der Waals surface area contributed by atoms with Crippen molar-refractivity contribution in [3.05, 3.63) is 47.7 Å². The van der Waals surface area contributed by atoms with Crippen molar-refractivity contribution in [2.24, 2.45) is 0 Å². The van der Waals surface area contributed by atoms with Crippen LogP contribution in [-0.4, -0.2) is 9.38 Å². The van der Waals surface area contributed by atoms with E-state index < -0.39 is 0 Å². The fourth-order valence-corrected chi connectivity index (χ4v) is 2.59. The van der Waals surface area contributed by atoms with Crippen LogP contribution in [0.15, 0.2) is 36.5 Å². The van der Waals surface area contributed by atoms with Crippen molar-refractivity contribution in [2.45, 2.75) is 39.5 Å². The van der Waals surface area contributed by atoms with E-state index in [-0.39, 0.29) is 0 Å². The first-order chi connectivity index (χ1) is 9.08. The Kier molecular flexibility index (Phi) is 2.81. The Balaban J connectivity index is 2.45. The molecular formula is C17H20N2. The summed E-state index contributed by atoms with van der Waals surface area (Å²) in [5, 5.41) is 0. The van der Waals surface area contributed by atoms with Crippen molar-refractivity contribution in [1.82, 2.24) is 9.38 Å². The lowest BCUT2D eigenvalue weighted by molar-refractivity contribution is 0.840. The molecule has 0 unspecified atom stereocenters. The van der Waals surface area contributed by atoms with E-state index >= 15 is 0 Å². The van der Waals surface area contributed by atoms with Gasteiger partial charge in [-0.05, 0) is 41.2 Å². The lowest BCUT2D eigenvalue weighted by Crippen LogP contribution is -1.95. The lowest BCUT2D eigenvalue weighted by Gasteiger charge is -2.12. The van der Waals surface area contributed by atoms with E-state index in [0.717, 1.165) is 11.2 Å². The maximum absolute atomic E-state index is 4.80. The number of fused-ring (bicyclic) bond motifs is 3. The average molecular weight is 252 g/mol. The molecule has 0 N–H and O–H groups in total. The molecule has 0 spiro atoms. The van der Waals surface area contributed by atoms with Crippen molar-refractivity contribution in [2.75, 3.05) is 0 Å². The van der Waals surface area contributed by atoms with Crippen LogP contribution < -0.4 is 0 Å². The van der Waals surface area contributed by atoms with Crippen LogP contribution in [0, 0.1) is 0 Å². The zero-order chi connectivity index (χ0) is 13.6. The molecule has 0 aliphatic rings. The van der Waals surface area contributed by atoms with E-state index in [1.165, 1.54) is 16.6 Å². The predicted octanol–water partition coefficient (Wildman–Crippen LogP) is 4.73. The molecule has 0 saturated carbocycles. The van der Waals surface area contributed by atoms with Crippen molar-refractivity contribution in [3.63, 3.8) is 0 Å². The van der Waals surface area contributed by atoms with Gasteiger partial charge in [-0.25, -0.2) is 4.98 Å². The van der Waals surface area contributed by atoms with Gasteiger partial charge in [-0.15, -0.1) is 0 Å². The minimum atomic E-state index is 0.492. The molecule has 3 rings (SSSR count). The molecule has 1 aromatic carbocycles. The Bertz CT molecular complexity index is 735. The highest BCUT2D eigenvalue weighted by molar-refractivity contribution is 5.84. The summed E-state index contributed by atoms with van der Waals surface area (Å²) in [5.41, 5.74) is 6.14. The van der Waals surface area contributed by atoms with E-state index in [2.05, 4.69) is 62.6 Å². The molecule has 0 aliphatic carbocycles. The summed E-state index contributed by atoms with van der Waals surface area (Å²) in [4.78, 5) is 4.80. The number of aromatic nitrogens is 2. The quantitative estimate of drug-likeness (QED) is 0.644. The second-order valence-electron chi connectivity index (χ2n) is 5.83. The predicted molar refractivity (Wildman–Crippen MR) is 80.9 cm³/mol. The van der Waals surface area contributed by atoms with Crippen LogP contribution in [0.25, 0.3) is 16.7 Å². The molecule has 98 valence electrons. The highest BCUT2D eigenvalue weighted by atomic mass is 15.0. The van der Waals surface area contributed by atoms with Gasteiger partial charge in [0.15, 0.2) is 0 Å². The first-order valence-corrected chi connectivity index (χ1v) is 6.98. The number of imidazole rings is 1. The largest absolute Gasteiger partial charge is 0.300 e. The summed E-state index contributed by atoms with van der Waals surface area (Å²) in [6.07, 6.45) is 2.10. The average Bonchev–Trinajstić information content (AvgIpc) is 2.75. The van der Waals surface area contributed by atoms with Crippen molar-refractivity contribution in [3.8, 4) is 0 Å². The standard InChI is InChI=1S/C17H20N2/c1-11(2)13-9-14(12(3)4)17-15(10-13)19-8-6-5-7-16(19)18-17/h5-12H,1-4H3. The highest BCUT2D eigenvalue weighted by Gasteiger charge is 2.14. The summed E-state index contributed by atoms with van der Waals surface area (Å²) in [6, 6.07) is 10.8. The van der Waals surface area contributed by atoms with Crippen LogP contribution in [0.1, 0.15) is 50.7 Å². The van der Waals surface area contributed by atoms with Gasteiger partial charge in [0.25, 0.3) is 0 Å². The molecule has 0 fully saturated rings. The van der Waals surface area contributed by atoms with Crippen molar-refractivity contribution >= 4 is 16.7 Å². The van der Waals surface area contributed by atoms with Crippen LogP contribution >= 0.6 is 0 Å². The number of hydrogen-bond donors (Lipinski definition) is 0. The third-order valence-electron chi connectivity index (χ3n) is 3.75. The molecule has 2 heterocycles. The molecule has 0 radical (unpaired) electrons. The van der Waals surface area contributed by atoms with Crippen LogP contribution in [0.3, 0.4) is 0 Å². The van der Waals surface area contributed by atoms with Gasteiger partial charge in [0.05, 0.1) is 11.0 Å². The second-order valence-corrected chi connectivity index (χ2v) is 5.83. The van der Waals surface area contributed by atoms with Gasteiger partial charge >= 0.3 is 0 Å². The van der Waals surface area contributed by atoms with Crippen LogP contribution in [0.4, 0.5) is 0 Å². The van der Waals surface area contributed by atoms with Crippen LogP contribution in [0.2, 0.25) is 0 Å². The Morgan fingerprint density at radius 1 is 1.00 bits per heavy atom. The van der Waals surface area contributed by atoms with Gasteiger partial charge in [0.1, 0.15) is 5.65 Å². The topological polar surface area (TPSA) is 17.3 Å². The van der Waals surface area contributed by atoms with E-state index in [1.807, 2.05) is 6.07 Å². The molecule has 0 atom stereocenters.